The average molecular weight is 174 g/mol. The van der Waals surface area contributed by atoms with Crippen molar-refractivity contribution in [2.45, 2.75) is 27.7 Å². The van der Waals surface area contributed by atoms with Crippen molar-refractivity contribution >= 4 is 28.2 Å². The Morgan fingerprint density at radius 2 is 1.80 bits per heavy atom. The van der Waals surface area contributed by atoms with Gasteiger partial charge in [0.05, 0.1) is 4.20 Å². The van der Waals surface area contributed by atoms with Crippen LogP contribution in [0.15, 0.2) is 0 Å². The van der Waals surface area contributed by atoms with Gasteiger partial charge in [0, 0.05) is 11.2 Å². The average Bonchev–Trinajstić information content (AvgIpc) is 1.94. The summed E-state index contributed by atoms with van der Waals surface area (Å²) in [5.41, 5.74) is 0.627. The van der Waals surface area contributed by atoms with Crippen LogP contribution in [0.1, 0.15) is 27.7 Å². The summed E-state index contributed by atoms with van der Waals surface area (Å²) in [5.74, 6) is 1.18. The Bertz CT molecular complexity index is 168. The second-order valence-corrected chi connectivity index (χ2v) is 5.74. The van der Waals surface area contributed by atoms with Gasteiger partial charge in [0.2, 0.25) is 0 Å². The lowest BCUT2D eigenvalue weighted by atomic mass is 9.71. The first kappa shape index (κ1) is 8.54. The lowest BCUT2D eigenvalue weighted by molar-refractivity contribution is 0.239. The third-order valence-electron chi connectivity index (χ3n) is 2.77. The summed E-state index contributed by atoms with van der Waals surface area (Å²) in [6.45, 7) is 9.07. The third kappa shape index (κ3) is 1.02. The number of hydrogen-bond acceptors (Lipinski definition) is 2. The maximum Gasteiger partial charge on any atom is 0.0540 e. The van der Waals surface area contributed by atoms with Crippen LogP contribution in [0.5, 0.6) is 0 Å². The zero-order valence-electron chi connectivity index (χ0n) is 7.02. The molecule has 58 valence electrons. The van der Waals surface area contributed by atoms with E-state index < -0.39 is 0 Å². The van der Waals surface area contributed by atoms with Gasteiger partial charge in [-0.05, 0) is 5.41 Å². The van der Waals surface area contributed by atoms with Gasteiger partial charge in [-0.15, -0.1) is 11.8 Å². The molecule has 0 aromatic rings. The Kier molecular flexibility index (Phi) is 1.89. The fourth-order valence-corrected chi connectivity index (χ4v) is 2.83. The molecule has 0 aromatic heterocycles. The molecule has 0 unspecified atom stereocenters. The largest absolute Gasteiger partial charge is 0.118 e. The van der Waals surface area contributed by atoms with E-state index in [1.54, 1.807) is 0 Å². The molecule has 0 amide bonds. The van der Waals surface area contributed by atoms with E-state index in [2.05, 4.69) is 27.7 Å². The summed E-state index contributed by atoms with van der Waals surface area (Å²) in [5, 5.41) is 0. The lowest BCUT2D eigenvalue weighted by Crippen LogP contribution is -2.32. The molecule has 10 heavy (non-hydrogen) atoms. The SMILES string of the molecule is CC1(C)CSC(=S)C1(C)C. The molecule has 1 saturated heterocycles. The fourth-order valence-electron chi connectivity index (χ4n) is 0.883. The van der Waals surface area contributed by atoms with Crippen LogP contribution >= 0.6 is 24.0 Å². The summed E-state index contributed by atoms with van der Waals surface area (Å²) >= 11 is 7.11. The maximum absolute atomic E-state index is 5.27. The monoisotopic (exact) mass is 174 g/mol. The number of thiocarbonyl (C=S) groups is 1. The van der Waals surface area contributed by atoms with Crippen LogP contribution in [0.2, 0.25) is 0 Å². The van der Waals surface area contributed by atoms with Crippen molar-refractivity contribution in [2.75, 3.05) is 5.75 Å². The van der Waals surface area contributed by atoms with E-state index in [9.17, 15) is 0 Å². The molecule has 0 spiro atoms. The molecule has 0 radical (unpaired) electrons. The van der Waals surface area contributed by atoms with Gasteiger partial charge in [-0.1, -0.05) is 39.9 Å². The van der Waals surface area contributed by atoms with E-state index in [0.29, 0.717) is 5.41 Å². The molecule has 2 heteroatoms. The minimum atomic E-state index is 0.243. The minimum absolute atomic E-state index is 0.243. The smallest absolute Gasteiger partial charge is 0.0540 e. The summed E-state index contributed by atoms with van der Waals surface area (Å²) in [4.78, 5) is 0. The first-order chi connectivity index (χ1) is 4.38. The Morgan fingerprint density at radius 1 is 1.30 bits per heavy atom. The molecule has 1 rings (SSSR count). The molecule has 0 N–H and O–H groups in total. The molecule has 1 aliphatic rings. The third-order valence-corrected chi connectivity index (χ3v) is 5.27. The van der Waals surface area contributed by atoms with Crippen molar-refractivity contribution in [3.63, 3.8) is 0 Å². The normalized spacial score (nSPS) is 29.0. The zero-order chi connectivity index (χ0) is 7.99. The molecule has 1 aliphatic heterocycles. The van der Waals surface area contributed by atoms with E-state index in [0.717, 1.165) is 0 Å². The van der Waals surface area contributed by atoms with Gasteiger partial charge in [-0.2, -0.15) is 0 Å². The Morgan fingerprint density at radius 3 is 1.90 bits per heavy atom. The van der Waals surface area contributed by atoms with Crippen LogP contribution in [0.4, 0.5) is 0 Å². The van der Waals surface area contributed by atoms with Crippen molar-refractivity contribution in [2.24, 2.45) is 10.8 Å². The van der Waals surface area contributed by atoms with Crippen LogP contribution in [0.25, 0.3) is 0 Å². The van der Waals surface area contributed by atoms with Crippen molar-refractivity contribution in [3.05, 3.63) is 0 Å². The molecule has 0 atom stereocenters. The van der Waals surface area contributed by atoms with E-state index in [-0.39, 0.29) is 5.41 Å². The molecular weight excluding hydrogens is 160 g/mol. The van der Waals surface area contributed by atoms with E-state index in [1.165, 1.54) is 9.95 Å². The summed E-state index contributed by atoms with van der Waals surface area (Å²) in [6.07, 6.45) is 0. The molecule has 0 aliphatic carbocycles. The highest BCUT2D eigenvalue weighted by atomic mass is 32.2. The molecule has 0 saturated carbocycles. The number of thioether (sulfide) groups is 1. The Hall–Kier alpha value is 0.440. The standard InChI is InChI=1S/C8H14S2/c1-7(2)5-10-6(9)8(7,3)4/h5H2,1-4H3. The predicted molar refractivity (Wildman–Crippen MR) is 52.6 cm³/mol. The summed E-state index contributed by atoms with van der Waals surface area (Å²) in [7, 11) is 0. The van der Waals surface area contributed by atoms with Gasteiger partial charge in [-0.25, -0.2) is 0 Å². The second-order valence-electron chi connectivity index (χ2n) is 4.09. The van der Waals surface area contributed by atoms with Crippen molar-refractivity contribution in [1.82, 2.24) is 0 Å². The Labute approximate surface area is 72.8 Å². The van der Waals surface area contributed by atoms with Crippen molar-refractivity contribution in [1.29, 1.82) is 0 Å². The van der Waals surface area contributed by atoms with Gasteiger partial charge < -0.3 is 0 Å². The molecule has 0 aromatic carbocycles. The van der Waals surface area contributed by atoms with Gasteiger partial charge in [0.1, 0.15) is 0 Å². The number of rotatable bonds is 0. The van der Waals surface area contributed by atoms with Crippen molar-refractivity contribution < 1.29 is 0 Å². The van der Waals surface area contributed by atoms with Crippen molar-refractivity contribution in [3.8, 4) is 0 Å². The van der Waals surface area contributed by atoms with Gasteiger partial charge >= 0.3 is 0 Å². The highest BCUT2D eigenvalue weighted by Crippen LogP contribution is 2.51. The second kappa shape index (κ2) is 2.21. The predicted octanol–water partition coefficient (Wildman–Crippen LogP) is 3.11. The minimum Gasteiger partial charge on any atom is -0.118 e. The first-order valence-corrected chi connectivity index (χ1v) is 4.94. The van der Waals surface area contributed by atoms with Crippen LogP contribution in [-0.4, -0.2) is 9.95 Å². The van der Waals surface area contributed by atoms with Gasteiger partial charge in [-0.3, -0.25) is 0 Å². The molecular formula is C8H14S2. The molecule has 0 bridgehead atoms. The molecule has 1 fully saturated rings. The van der Waals surface area contributed by atoms with Crippen LogP contribution in [0, 0.1) is 10.8 Å². The fraction of sp³-hybridized carbons (Fsp3) is 0.875. The quantitative estimate of drug-likeness (QED) is 0.518. The van der Waals surface area contributed by atoms with E-state index in [4.69, 9.17) is 12.2 Å². The van der Waals surface area contributed by atoms with Crippen LogP contribution in [0.3, 0.4) is 0 Å². The highest BCUT2D eigenvalue weighted by molar-refractivity contribution is 8.23. The lowest BCUT2D eigenvalue weighted by Gasteiger charge is -2.33. The van der Waals surface area contributed by atoms with Gasteiger partial charge in [0.25, 0.3) is 0 Å². The number of hydrogen-bond donors (Lipinski definition) is 0. The van der Waals surface area contributed by atoms with Gasteiger partial charge in [0.15, 0.2) is 0 Å². The zero-order valence-corrected chi connectivity index (χ0v) is 8.66. The molecule has 1 heterocycles. The maximum atomic E-state index is 5.27. The van der Waals surface area contributed by atoms with E-state index in [1.807, 2.05) is 11.8 Å². The topological polar surface area (TPSA) is 0 Å². The Balaban J connectivity index is 2.95. The highest BCUT2D eigenvalue weighted by Gasteiger charge is 2.45. The van der Waals surface area contributed by atoms with Crippen LogP contribution in [-0.2, 0) is 0 Å². The molecule has 0 nitrogen and oxygen atoms in total. The summed E-state index contributed by atoms with van der Waals surface area (Å²) < 4.78 is 1.18. The van der Waals surface area contributed by atoms with E-state index >= 15 is 0 Å². The van der Waals surface area contributed by atoms with Crippen LogP contribution < -0.4 is 0 Å². The first-order valence-electron chi connectivity index (χ1n) is 3.55. The summed E-state index contributed by atoms with van der Waals surface area (Å²) in [6, 6.07) is 0.